The fraction of sp³-hybridized carbons (Fsp3) is 0.545. The largest absolute Gasteiger partial charge is 0.451 e. The lowest BCUT2D eigenvalue weighted by Gasteiger charge is -2.06. The molecule has 0 radical (unpaired) electrons. The zero-order valence-corrected chi connectivity index (χ0v) is 12.1. The predicted octanol–water partition coefficient (Wildman–Crippen LogP) is 0.493. The Hall–Kier alpha value is -2.03. The molecule has 0 saturated carbocycles. The minimum absolute atomic E-state index is 0.274. The molecule has 1 rings (SSSR count). The van der Waals surface area contributed by atoms with E-state index in [2.05, 4.69) is 14.9 Å². The molecule has 0 aromatic carbocycles. The van der Waals surface area contributed by atoms with E-state index in [9.17, 15) is 14.4 Å². The minimum Gasteiger partial charge on any atom is -0.451 e. The first-order chi connectivity index (χ1) is 9.58. The minimum atomic E-state index is -0.692. The normalized spacial score (nSPS) is 9.90. The zero-order chi connectivity index (χ0) is 15.0. The number of carbonyl (C=O) groups is 3. The van der Waals surface area contributed by atoms with Crippen LogP contribution in [0.1, 0.15) is 35.6 Å². The monoisotopic (exact) mass is 300 g/mol. The van der Waals surface area contributed by atoms with Gasteiger partial charge in [-0.2, -0.15) is 0 Å². The van der Waals surface area contributed by atoms with Crippen LogP contribution in [0.2, 0.25) is 0 Å². The Balaban J connectivity index is 2.37. The van der Waals surface area contributed by atoms with Crippen molar-refractivity contribution in [1.29, 1.82) is 0 Å². The predicted molar refractivity (Wildman–Crippen MR) is 71.4 cm³/mol. The van der Waals surface area contributed by atoms with Crippen LogP contribution in [-0.4, -0.2) is 40.6 Å². The summed E-state index contributed by atoms with van der Waals surface area (Å²) in [7, 11) is 0. The van der Waals surface area contributed by atoms with E-state index in [0.29, 0.717) is 18.7 Å². The molecule has 0 unspecified atom stereocenters. The highest BCUT2D eigenvalue weighted by atomic mass is 32.1. The van der Waals surface area contributed by atoms with Gasteiger partial charge < -0.3 is 10.1 Å². The lowest BCUT2D eigenvalue weighted by atomic mass is 10.3. The van der Waals surface area contributed by atoms with Gasteiger partial charge in [0.05, 0.1) is 5.69 Å². The second-order valence-electron chi connectivity index (χ2n) is 3.78. The molecule has 0 spiro atoms. The third kappa shape index (κ3) is 4.92. The van der Waals surface area contributed by atoms with Crippen molar-refractivity contribution < 1.29 is 19.1 Å². The van der Waals surface area contributed by atoms with Gasteiger partial charge in [0.25, 0.3) is 5.91 Å². The van der Waals surface area contributed by atoms with Crippen LogP contribution in [0.25, 0.3) is 0 Å². The van der Waals surface area contributed by atoms with Gasteiger partial charge in [0, 0.05) is 6.54 Å². The highest BCUT2D eigenvalue weighted by molar-refractivity contribution is 7.07. The highest BCUT2D eigenvalue weighted by Crippen LogP contribution is 2.12. The fourth-order valence-electron chi connectivity index (χ4n) is 1.24. The van der Waals surface area contributed by atoms with Gasteiger partial charge in [0.1, 0.15) is 0 Å². The van der Waals surface area contributed by atoms with Crippen LogP contribution in [0.5, 0.6) is 0 Å². The Morgan fingerprint density at radius 3 is 2.70 bits per heavy atom. The third-order valence-corrected chi connectivity index (χ3v) is 2.95. The Morgan fingerprint density at radius 2 is 2.05 bits per heavy atom. The first-order valence-corrected chi connectivity index (χ1v) is 6.91. The number of amides is 3. The number of aromatic nitrogens is 2. The van der Waals surface area contributed by atoms with Crippen molar-refractivity contribution in [3.05, 3.63) is 10.6 Å². The molecule has 0 saturated heterocycles. The maximum atomic E-state index is 11.7. The van der Waals surface area contributed by atoms with E-state index >= 15 is 0 Å². The van der Waals surface area contributed by atoms with Crippen molar-refractivity contribution in [1.82, 2.24) is 20.2 Å². The van der Waals surface area contributed by atoms with Crippen LogP contribution in [-0.2, 0) is 16.0 Å². The zero-order valence-electron chi connectivity index (χ0n) is 11.3. The Kier molecular flexibility index (Phi) is 6.57. The summed E-state index contributed by atoms with van der Waals surface area (Å²) >= 11 is 0.912. The smallest absolute Gasteiger partial charge is 0.352 e. The molecule has 0 atom stereocenters. The number of hydrogen-bond donors (Lipinski definition) is 2. The molecule has 110 valence electrons. The molecule has 9 heteroatoms. The van der Waals surface area contributed by atoms with Gasteiger partial charge in [-0.3, -0.25) is 10.1 Å². The molecule has 1 aromatic heterocycles. The summed E-state index contributed by atoms with van der Waals surface area (Å²) in [6, 6.07) is -0.610. The molecule has 0 fully saturated rings. The standard InChI is InChI=1S/C11H16N4O4S/c1-3-5-12-11(18)13-8(16)6-19-10(17)9-7(4-2)14-15-20-9/h3-6H2,1-2H3,(H2,12,13,16,18). The summed E-state index contributed by atoms with van der Waals surface area (Å²) in [6.45, 7) is 3.65. The van der Waals surface area contributed by atoms with E-state index in [4.69, 9.17) is 4.74 Å². The van der Waals surface area contributed by atoms with Crippen molar-refractivity contribution in [3.63, 3.8) is 0 Å². The van der Waals surface area contributed by atoms with Crippen LogP contribution >= 0.6 is 11.5 Å². The van der Waals surface area contributed by atoms with Crippen LogP contribution < -0.4 is 10.6 Å². The molecule has 1 aromatic rings. The van der Waals surface area contributed by atoms with Gasteiger partial charge >= 0.3 is 12.0 Å². The number of hydrogen-bond acceptors (Lipinski definition) is 7. The number of aryl methyl sites for hydroxylation is 1. The van der Waals surface area contributed by atoms with Crippen molar-refractivity contribution in [3.8, 4) is 0 Å². The van der Waals surface area contributed by atoms with Gasteiger partial charge in [-0.05, 0) is 24.4 Å². The molecular formula is C11H16N4O4S. The maximum absolute atomic E-state index is 11.7. The topological polar surface area (TPSA) is 110 Å². The second-order valence-corrected chi connectivity index (χ2v) is 4.54. The van der Waals surface area contributed by atoms with Crippen LogP contribution in [0.15, 0.2) is 0 Å². The van der Waals surface area contributed by atoms with Crippen LogP contribution in [0, 0.1) is 0 Å². The van der Waals surface area contributed by atoms with Crippen molar-refractivity contribution in [2.24, 2.45) is 0 Å². The Morgan fingerprint density at radius 1 is 1.30 bits per heavy atom. The van der Waals surface area contributed by atoms with Crippen LogP contribution in [0.3, 0.4) is 0 Å². The summed E-state index contributed by atoms with van der Waals surface area (Å²) in [4.78, 5) is 34.5. The molecule has 2 N–H and O–H groups in total. The van der Waals surface area contributed by atoms with E-state index in [1.54, 1.807) is 0 Å². The molecule has 0 bridgehead atoms. The van der Waals surface area contributed by atoms with Crippen molar-refractivity contribution in [2.75, 3.05) is 13.2 Å². The molecule has 8 nitrogen and oxygen atoms in total. The number of imide groups is 1. The number of nitrogens with one attached hydrogen (secondary N) is 2. The Bertz CT molecular complexity index is 489. The van der Waals surface area contributed by atoms with E-state index in [-0.39, 0.29) is 4.88 Å². The van der Waals surface area contributed by atoms with Gasteiger partial charge in [-0.25, -0.2) is 9.59 Å². The quantitative estimate of drug-likeness (QED) is 0.740. The number of esters is 1. The number of urea groups is 1. The summed E-state index contributed by atoms with van der Waals surface area (Å²) in [5.41, 5.74) is 0.529. The number of ether oxygens (including phenoxy) is 1. The highest BCUT2D eigenvalue weighted by Gasteiger charge is 2.18. The summed E-state index contributed by atoms with van der Waals surface area (Å²) in [5.74, 6) is -1.36. The third-order valence-electron chi connectivity index (χ3n) is 2.20. The first kappa shape index (κ1) is 16.0. The second kappa shape index (κ2) is 8.20. The van der Waals surface area contributed by atoms with Gasteiger partial charge in [0.15, 0.2) is 11.5 Å². The van der Waals surface area contributed by atoms with E-state index < -0.39 is 24.5 Å². The SMILES string of the molecule is CCCNC(=O)NC(=O)COC(=O)c1snnc1CC. The molecule has 20 heavy (non-hydrogen) atoms. The molecule has 0 aliphatic heterocycles. The van der Waals surface area contributed by atoms with E-state index in [1.807, 2.05) is 19.2 Å². The Labute approximate surface area is 120 Å². The number of nitrogens with zero attached hydrogens (tertiary/aromatic N) is 2. The summed E-state index contributed by atoms with van der Waals surface area (Å²) in [6.07, 6.45) is 1.31. The lowest BCUT2D eigenvalue weighted by Crippen LogP contribution is -2.41. The summed E-state index contributed by atoms with van der Waals surface area (Å²) in [5, 5.41) is 8.29. The average molecular weight is 300 g/mol. The van der Waals surface area contributed by atoms with E-state index in [0.717, 1.165) is 18.0 Å². The van der Waals surface area contributed by atoms with Crippen LogP contribution in [0.4, 0.5) is 4.79 Å². The lowest BCUT2D eigenvalue weighted by molar-refractivity contribution is -0.123. The number of carbonyl (C=O) groups excluding carboxylic acids is 3. The molecule has 1 heterocycles. The molecule has 0 aliphatic carbocycles. The fourth-order valence-corrected chi connectivity index (χ4v) is 1.88. The van der Waals surface area contributed by atoms with E-state index in [1.165, 1.54) is 0 Å². The van der Waals surface area contributed by atoms with Crippen molar-refractivity contribution in [2.45, 2.75) is 26.7 Å². The van der Waals surface area contributed by atoms with Gasteiger partial charge in [0.2, 0.25) is 0 Å². The molecule has 0 aliphatic rings. The first-order valence-electron chi connectivity index (χ1n) is 6.14. The average Bonchev–Trinajstić information content (AvgIpc) is 2.91. The number of rotatable bonds is 6. The molecule has 3 amide bonds. The van der Waals surface area contributed by atoms with Crippen molar-refractivity contribution >= 4 is 29.4 Å². The van der Waals surface area contributed by atoms with Gasteiger partial charge in [-0.1, -0.05) is 18.3 Å². The summed E-state index contributed by atoms with van der Waals surface area (Å²) < 4.78 is 8.44. The molecular weight excluding hydrogens is 284 g/mol. The van der Waals surface area contributed by atoms with Gasteiger partial charge in [-0.15, -0.1) is 5.10 Å². The maximum Gasteiger partial charge on any atom is 0.352 e.